The Kier molecular flexibility index (Phi) is 6.10. The van der Waals surface area contributed by atoms with Crippen LogP contribution in [0.15, 0.2) is 60.8 Å². The lowest BCUT2D eigenvalue weighted by Crippen LogP contribution is -2.41. The molecule has 0 aliphatic carbocycles. The largest absolute Gasteiger partial charge is 0.375 e. The van der Waals surface area contributed by atoms with Gasteiger partial charge in [0.25, 0.3) is 17.5 Å². The summed E-state index contributed by atoms with van der Waals surface area (Å²) in [5.74, 6) is -1.23. The smallest absolute Gasteiger partial charge is 0.293 e. The number of nitrogens with zero attached hydrogens (tertiary/aromatic N) is 1. The van der Waals surface area contributed by atoms with Crippen molar-refractivity contribution >= 4 is 34.8 Å². The number of hydrazine groups is 1. The van der Waals surface area contributed by atoms with Gasteiger partial charge in [-0.25, -0.2) is 0 Å². The summed E-state index contributed by atoms with van der Waals surface area (Å²) in [5, 5.41) is 14.9. The van der Waals surface area contributed by atoms with Crippen LogP contribution in [0.4, 0.5) is 11.4 Å². The van der Waals surface area contributed by atoms with Crippen LogP contribution >= 0.6 is 11.6 Å². The first-order valence-electron chi connectivity index (χ1n) is 8.45. The third-order valence-corrected chi connectivity index (χ3v) is 4.38. The molecule has 3 rings (SSSR count). The van der Waals surface area contributed by atoms with Gasteiger partial charge in [-0.05, 0) is 35.9 Å². The van der Waals surface area contributed by atoms with E-state index in [-0.39, 0.29) is 29.2 Å². The van der Waals surface area contributed by atoms with Crippen LogP contribution in [0, 0.1) is 10.1 Å². The lowest BCUT2D eigenvalue weighted by Gasteiger charge is -2.10. The van der Waals surface area contributed by atoms with Crippen LogP contribution < -0.4 is 16.2 Å². The number of hydrogen-bond acceptors (Lipinski definition) is 5. The minimum absolute atomic E-state index is 0.0202. The number of rotatable bonds is 6. The molecule has 10 heteroatoms. The number of H-pyrrole nitrogens is 1. The molecule has 1 heterocycles. The highest BCUT2D eigenvalue weighted by Gasteiger charge is 2.18. The molecule has 0 atom stereocenters. The first-order valence-corrected chi connectivity index (χ1v) is 8.83. The molecular weight excluding hydrogens is 398 g/mol. The Labute approximate surface area is 170 Å². The molecule has 0 radical (unpaired) electrons. The molecule has 0 bridgehead atoms. The van der Waals surface area contributed by atoms with E-state index in [4.69, 9.17) is 11.6 Å². The second-order valence-corrected chi connectivity index (χ2v) is 6.33. The van der Waals surface area contributed by atoms with Gasteiger partial charge >= 0.3 is 0 Å². The molecule has 0 saturated carbocycles. The molecule has 0 spiro atoms. The normalized spacial score (nSPS) is 10.2. The van der Waals surface area contributed by atoms with Crippen molar-refractivity contribution in [3.63, 3.8) is 0 Å². The highest BCUT2D eigenvalue weighted by molar-refractivity contribution is 6.31. The molecule has 0 aliphatic heterocycles. The molecule has 0 fully saturated rings. The highest BCUT2D eigenvalue weighted by Crippen LogP contribution is 2.27. The second kappa shape index (κ2) is 8.89. The van der Waals surface area contributed by atoms with Gasteiger partial charge in [0.1, 0.15) is 11.4 Å². The van der Waals surface area contributed by atoms with Crippen LogP contribution in [-0.4, -0.2) is 21.7 Å². The average Bonchev–Trinajstić information content (AvgIpc) is 3.26. The van der Waals surface area contributed by atoms with Gasteiger partial charge in [0.05, 0.1) is 4.92 Å². The second-order valence-electron chi connectivity index (χ2n) is 5.93. The van der Waals surface area contributed by atoms with E-state index < -0.39 is 16.7 Å². The molecule has 4 N–H and O–H groups in total. The Morgan fingerprint density at radius 3 is 2.48 bits per heavy atom. The molecule has 0 unspecified atom stereocenters. The number of amides is 2. The van der Waals surface area contributed by atoms with Crippen molar-refractivity contribution in [1.29, 1.82) is 0 Å². The van der Waals surface area contributed by atoms with Crippen LogP contribution in [0.2, 0.25) is 5.02 Å². The van der Waals surface area contributed by atoms with Crippen LogP contribution in [0.5, 0.6) is 0 Å². The lowest BCUT2D eigenvalue weighted by molar-refractivity contribution is -0.384. The Balaban J connectivity index is 1.70. The van der Waals surface area contributed by atoms with E-state index in [0.717, 1.165) is 11.6 Å². The van der Waals surface area contributed by atoms with Crippen molar-refractivity contribution in [2.75, 3.05) is 5.32 Å². The minimum atomic E-state index is -0.689. The standard InChI is InChI=1S/C19H16ClN5O4/c20-14-5-2-1-4-13(14)11-22-15-8-7-12(10-17(15)25(28)29)18(26)23-24-19(27)16-6-3-9-21-16/h1-10,21-22H,11H2,(H,23,26)(H,24,27). The summed E-state index contributed by atoms with van der Waals surface area (Å²) < 4.78 is 0. The van der Waals surface area contributed by atoms with Crippen LogP contribution in [-0.2, 0) is 6.54 Å². The minimum Gasteiger partial charge on any atom is -0.375 e. The van der Waals surface area contributed by atoms with Gasteiger partial charge in [-0.1, -0.05) is 29.8 Å². The monoisotopic (exact) mass is 413 g/mol. The zero-order valence-corrected chi connectivity index (χ0v) is 15.7. The predicted octanol–water partition coefficient (Wildman–Crippen LogP) is 3.26. The fraction of sp³-hybridized carbons (Fsp3) is 0.0526. The van der Waals surface area contributed by atoms with Crippen molar-refractivity contribution in [3.05, 3.63) is 92.8 Å². The number of benzene rings is 2. The number of anilines is 1. The van der Waals surface area contributed by atoms with Gasteiger partial charge in [0, 0.05) is 29.4 Å². The van der Waals surface area contributed by atoms with E-state index in [1.807, 2.05) is 6.07 Å². The zero-order valence-electron chi connectivity index (χ0n) is 14.9. The highest BCUT2D eigenvalue weighted by atomic mass is 35.5. The summed E-state index contributed by atoms with van der Waals surface area (Å²) in [7, 11) is 0. The fourth-order valence-electron chi connectivity index (χ4n) is 2.53. The third kappa shape index (κ3) is 4.90. The topological polar surface area (TPSA) is 129 Å². The van der Waals surface area contributed by atoms with E-state index in [1.54, 1.807) is 30.5 Å². The van der Waals surface area contributed by atoms with Gasteiger partial charge in [-0.3, -0.25) is 30.6 Å². The van der Waals surface area contributed by atoms with Crippen molar-refractivity contribution in [2.24, 2.45) is 0 Å². The Bertz CT molecular complexity index is 1050. The number of nitrogens with one attached hydrogen (secondary N) is 4. The number of aromatic amines is 1. The van der Waals surface area contributed by atoms with E-state index >= 15 is 0 Å². The predicted molar refractivity (Wildman–Crippen MR) is 108 cm³/mol. The van der Waals surface area contributed by atoms with Gasteiger partial charge in [-0.15, -0.1) is 0 Å². The number of nitro benzene ring substituents is 1. The summed E-state index contributed by atoms with van der Waals surface area (Å²) in [4.78, 5) is 37.6. The molecule has 1 aromatic heterocycles. The van der Waals surface area contributed by atoms with Gasteiger partial charge < -0.3 is 10.3 Å². The molecule has 29 heavy (non-hydrogen) atoms. The third-order valence-electron chi connectivity index (χ3n) is 4.02. The van der Waals surface area contributed by atoms with Crippen LogP contribution in [0.1, 0.15) is 26.4 Å². The van der Waals surface area contributed by atoms with Crippen LogP contribution in [0.25, 0.3) is 0 Å². The van der Waals surface area contributed by atoms with E-state index in [9.17, 15) is 19.7 Å². The van der Waals surface area contributed by atoms with Crippen molar-refractivity contribution < 1.29 is 14.5 Å². The summed E-state index contributed by atoms with van der Waals surface area (Å²) >= 11 is 6.09. The quantitative estimate of drug-likeness (QED) is 0.364. The number of aromatic nitrogens is 1. The summed E-state index contributed by atoms with van der Waals surface area (Å²) in [6, 6.07) is 14.3. The molecular formula is C19H16ClN5O4. The van der Waals surface area contributed by atoms with Crippen LogP contribution in [0.3, 0.4) is 0 Å². The summed E-state index contributed by atoms with van der Waals surface area (Å²) in [6.07, 6.45) is 1.56. The van der Waals surface area contributed by atoms with Gasteiger partial charge in [0.2, 0.25) is 0 Å². The number of nitro groups is 1. The first-order chi connectivity index (χ1) is 14.0. The Morgan fingerprint density at radius 2 is 1.79 bits per heavy atom. The van der Waals surface area contributed by atoms with E-state index in [1.165, 1.54) is 18.2 Å². The van der Waals surface area contributed by atoms with Crippen molar-refractivity contribution in [3.8, 4) is 0 Å². The molecule has 0 saturated heterocycles. The van der Waals surface area contributed by atoms with E-state index in [2.05, 4.69) is 21.2 Å². The maximum absolute atomic E-state index is 12.2. The van der Waals surface area contributed by atoms with Gasteiger partial charge in [-0.2, -0.15) is 0 Å². The number of hydrogen-bond donors (Lipinski definition) is 4. The summed E-state index contributed by atoms with van der Waals surface area (Å²) in [5.41, 5.74) is 5.46. The lowest BCUT2D eigenvalue weighted by atomic mass is 10.1. The molecule has 3 aromatic rings. The zero-order chi connectivity index (χ0) is 20.8. The van der Waals surface area contributed by atoms with E-state index in [0.29, 0.717) is 5.02 Å². The first kappa shape index (κ1) is 19.9. The van der Waals surface area contributed by atoms with Crippen molar-refractivity contribution in [2.45, 2.75) is 6.54 Å². The van der Waals surface area contributed by atoms with Gasteiger partial charge in [0.15, 0.2) is 0 Å². The molecule has 9 nitrogen and oxygen atoms in total. The maximum atomic E-state index is 12.2. The SMILES string of the molecule is O=C(NNC(=O)c1ccc[nH]1)c1ccc(NCc2ccccc2Cl)c([N+](=O)[O-])c1. The Morgan fingerprint density at radius 1 is 1.03 bits per heavy atom. The number of carbonyl (C=O) groups excluding carboxylic acids is 2. The van der Waals surface area contributed by atoms with Crippen molar-refractivity contribution in [1.82, 2.24) is 15.8 Å². The average molecular weight is 414 g/mol. The maximum Gasteiger partial charge on any atom is 0.293 e. The molecule has 2 amide bonds. The number of carbonyl (C=O) groups is 2. The molecule has 2 aromatic carbocycles. The molecule has 148 valence electrons. The number of halogens is 1. The summed E-state index contributed by atoms with van der Waals surface area (Å²) in [6.45, 7) is 0.276. The molecule has 0 aliphatic rings. The Hall–Kier alpha value is -3.85. The fourth-order valence-corrected chi connectivity index (χ4v) is 2.73.